The van der Waals surface area contributed by atoms with Crippen LogP contribution in [0, 0.1) is 13.8 Å². The van der Waals surface area contributed by atoms with Gasteiger partial charge in [0.25, 0.3) is 0 Å². The van der Waals surface area contributed by atoms with Gasteiger partial charge in [0.1, 0.15) is 23.7 Å². The number of fused-ring (bicyclic) bond motifs is 1. The summed E-state index contributed by atoms with van der Waals surface area (Å²) >= 11 is 9.67. The zero-order valence-corrected chi connectivity index (χ0v) is 20.6. The number of hydrogen-bond acceptors (Lipinski definition) is 7. The molecule has 0 bridgehead atoms. The van der Waals surface area contributed by atoms with Crippen LogP contribution in [-0.2, 0) is 13.7 Å². The molecule has 6 nitrogen and oxygen atoms in total. The van der Waals surface area contributed by atoms with Gasteiger partial charge < -0.3 is 9.30 Å². The van der Waals surface area contributed by atoms with E-state index in [0.717, 1.165) is 48.5 Å². The number of imidazole rings is 1. The molecule has 4 aromatic heterocycles. The number of aryl methyl sites for hydroxylation is 3. The van der Waals surface area contributed by atoms with Crippen molar-refractivity contribution in [1.82, 2.24) is 24.5 Å². The van der Waals surface area contributed by atoms with Crippen LogP contribution in [0.25, 0.3) is 22.3 Å². The topological polar surface area (TPSA) is 65.7 Å². The first kappa shape index (κ1) is 21.9. The van der Waals surface area contributed by atoms with Crippen molar-refractivity contribution in [2.45, 2.75) is 29.7 Å². The molecule has 0 saturated heterocycles. The fraction of sp³-hybridized carbons (Fsp3) is 0.167. The number of aromatic nitrogens is 5. The minimum absolute atomic E-state index is 0.292. The lowest BCUT2D eigenvalue weighted by molar-refractivity contribution is 0.306. The lowest BCUT2D eigenvalue weighted by atomic mass is 10.1. The van der Waals surface area contributed by atoms with Gasteiger partial charge in [0.15, 0.2) is 4.34 Å². The summed E-state index contributed by atoms with van der Waals surface area (Å²) in [5, 5.41) is 3.58. The molecule has 0 unspecified atom stereocenters. The van der Waals surface area contributed by atoms with E-state index in [2.05, 4.69) is 21.0 Å². The van der Waals surface area contributed by atoms with Crippen molar-refractivity contribution in [1.29, 1.82) is 0 Å². The summed E-state index contributed by atoms with van der Waals surface area (Å²) in [5.74, 6) is 1.58. The number of nitrogens with zero attached hydrogens (tertiary/aromatic N) is 5. The molecule has 0 amide bonds. The molecule has 5 rings (SSSR count). The fourth-order valence-corrected chi connectivity index (χ4v) is 5.75. The van der Waals surface area contributed by atoms with Gasteiger partial charge in [-0.25, -0.2) is 15.0 Å². The van der Waals surface area contributed by atoms with Gasteiger partial charge >= 0.3 is 0 Å². The smallest absolute Gasteiger partial charge is 0.154 e. The van der Waals surface area contributed by atoms with Crippen molar-refractivity contribution >= 4 is 45.6 Å². The van der Waals surface area contributed by atoms with Crippen LogP contribution in [0.15, 0.2) is 63.7 Å². The highest BCUT2D eigenvalue weighted by Crippen LogP contribution is 2.37. The largest absolute Gasteiger partial charge is 0.487 e. The normalized spacial score (nSPS) is 11.3. The Balaban J connectivity index is 1.50. The molecule has 0 saturated carbocycles. The van der Waals surface area contributed by atoms with Crippen molar-refractivity contribution in [3.63, 3.8) is 0 Å². The summed E-state index contributed by atoms with van der Waals surface area (Å²) in [6, 6.07) is 8.01. The van der Waals surface area contributed by atoms with Crippen molar-refractivity contribution < 1.29 is 4.74 Å². The van der Waals surface area contributed by atoms with Gasteiger partial charge in [0, 0.05) is 70.0 Å². The summed E-state index contributed by atoms with van der Waals surface area (Å²) in [4.78, 5) is 19.0. The van der Waals surface area contributed by atoms with Crippen LogP contribution in [0.3, 0.4) is 0 Å². The number of halogens is 1. The van der Waals surface area contributed by atoms with Crippen LogP contribution in [0.4, 0.5) is 0 Å². The van der Waals surface area contributed by atoms with Gasteiger partial charge in [-0.1, -0.05) is 35.5 Å². The fourth-order valence-electron chi connectivity index (χ4n) is 3.57. The van der Waals surface area contributed by atoms with Gasteiger partial charge in [-0.15, -0.1) is 11.3 Å². The number of para-hydroxylation sites is 1. The molecular weight excluding hydrogens is 474 g/mol. The second-order valence-electron chi connectivity index (χ2n) is 7.57. The third-order valence-corrected chi connectivity index (χ3v) is 7.58. The number of thiazole rings is 1. The Morgan fingerprint density at radius 3 is 2.79 bits per heavy atom. The van der Waals surface area contributed by atoms with Gasteiger partial charge in [-0.2, -0.15) is 0 Å². The Morgan fingerprint density at radius 1 is 1.15 bits per heavy atom. The molecule has 166 valence electrons. The van der Waals surface area contributed by atoms with Crippen molar-refractivity contribution in [3.05, 3.63) is 76.4 Å². The average molecular weight is 494 g/mol. The van der Waals surface area contributed by atoms with Gasteiger partial charge in [-0.3, -0.25) is 4.98 Å². The Kier molecular flexibility index (Phi) is 6.05. The molecule has 0 aliphatic rings. The first-order valence-electron chi connectivity index (χ1n) is 10.2. The number of benzene rings is 1. The monoisotopic (exact) mass is 493 g/mol. The summed E-state index contributed by atoms with van der Waals surface area (Å²) < 4.78 is 9.24. The summed E-state index contributed by atoms with van der Waals surface area (Å²) in [6.45, 7) is 4.25. The lowest BCUT2D eigenvalue weighted by Gasteiger charge is -2.14. The van der Waals surface area contributed by atoms with Crippen molar-refractivity contribution in [2.24, 2.45) is 7.05 Å². The SMILES string of the molecule is Cc1csc(Sc2cncc(Cl)c2COc2cccc3c(-c4nccn4C)cc(C)nc23)n1. The second kappa shape index (κ2) is 9.13. The predicted octanol–water partition coefficient (Wildman–Crippen LogP) is 6.49. The van der Waals surface area contributed by atoms with E-state index in [0.29, 0.717) is 17.4 Å². The van der Waals surface area contributed by atoms with Crippen LogP contribution >= 0.6 is 34.7 Å². The summed E-state index contributed by atoms with van der Waals surface area (Å²) in [5.41, 5.74) is 4.58. The first-order valence-corrected chi connectivity index (χ1v) is 12.3. The van der Waals surface area contributed by atoms with Crippen molar-refractivity contribution in [3.8, 4) is 17.1 Å². The lowest BCUT2D eigenvalue weighted by Crippen LogP contribution is -2.01. The molecule has 5 aromatic rings. The van der Waals surface area contributed by atoms with E-state index < -0.39 is 0 Å². The number of pyridine rings is 2. The maximum atomic E-state index is 6.52. The van der Waals surface area contributed by atoms with Gasteiger partial charge in [0.05, 0.1) is 5.02 Å². The number of rotatable bonds is 6. The standard InChI is InChI=1S/C24H20ClN5OS2/c1-14-9-17(23-27-7-8-30(23)3)16-5-4-6-20(22(16)28-14)31-12-18-19(25)10-26-11-21(18)33-24-29-15(2)13-32-24/h4-11,13H,12H2,1-3H3. The third kappa shape index (κ3) is 4.46. The molecule has 0 spiro atoms. The van der Waals surface area contributed by atoms with Gasteiger partial charge in [0.2, 0.25) is 0 Å². The third-order valence-electron chi connectivity index (χ3n) is 5.13. The summed E-state index contributed by atoms with van der Waals surface area (Å²) in [6.07, 6.45) is 7.18. The molecule has 33 heavy (non-hydrogen) atoms. The highest BCUT2D eigenvalue weighted by Gasteiger charge is 2.16. The Bertz CT molecular complexity index is 1460. The van der Waals surface area contributed by atoms with Crippen LogP contribution in [0.5, 0.6) is 5.75 Å². The first-order chi connectivity index (χ1) is 16.0. The Morgan fingerprint density at radius 2 is 2.03 bits per heavy atom. The van der Waals surface area contributed by atoms with E-state index in [-0.39, 0.29) is 0 Å². The maximum Gasteiger partial charge on any atom is 0.154 e. The van der Waals surface area contributed by atoms with Crippen LogP contribution in [-0.4, -0.2) is 24.5 Å². The van der Waals surface area contributed by atoms with E-state index in [1.165, 1.54) is 0 Å². The average Bonchev–Trinajstić information content (AvgIpc) is 3.40. The molecule has 1 aromatic carbocycles. The van der Waals surface area contributed by atoms with E-state index in [1.54, 1.807) is 41.7 Å². The molecule has 4 heterocycles. The Hall–Kier alpha value is -2.94. The molecule has 0 atom stereocenters. The van der Waals surface area contributed by atoms with Crippen LogP contribution in [0.2, 0.25) is 5.02 Å². The van der Waals surface area contributed by atoms with Gasteiger partial charge in [-0.05, 0) is 26.0 Å². The van der Waals surface area contributed by atoms with Crippen LogP contribution < -0.4 is 4.74 Å². The minimum atomic E-state index is 0.292. The molecule has 0 N–H and O–H groups in total. The molecular formula is C24H20ClN5OS2. The maximum absolute atomic E-state index is 6.52. The summed E-state index contributed by atoms with van der Waals surface area (Å²) in [7, 11) is 1.98. The number of ether oxygens (including phenoxy) is 1. The minimum Gasteiger partial charge on any atom is -0.487 e. The predicted molar refractivity (Wildman–Crippen MR) is 133 cm³/mol. The van der Waals surface area contributed by atoms with Crippen LogP contribution in [0.1, 0.15) is 17.0 Å². The van der Waals surface area contributed by atoms with E-state index in [9.17, 15) is 0 Å². The molecule has 0 fully saturated rings. The van der Waals surface area contributed by atoms with E-state index >= 15 is 0 Å². The molecule has 0 aliphatic carbocycles. The Labute approximate surface area is 204 Å². The zero-order valence-electron chi connectivity index (χ0n) is 18.2. The molecule has 0 aliphatic heterocycles. The second-order valence-corrected chi connectivity index (χ2v) is 10.1. The number of hydrogen-bond donors (Lipinski definition) is 0. The van der Waals surface area contributed by atoms with E-state index in [1.807, 2.05) is 55.2 Å². The highest BCUT2D eigenvalue weighted by atomic mass is 35.5. The van der Waals surface area contributed by atoms with E-state index in [4.69, 9.17) is 21.3 Å². The van der Waals surface area contributed by atoms with Crippen molar-refractivity contribution in [2.75, 3.05) is 0 Å². The molecule has 0 radical (unpaired) electrons. The highest BCUT2D eigenvalue weighted by molar-refractivity contribution is 8.01. The quantitative estimate of drug-likeness (QED) is 0.269. The zero-order chi connectivity index (χ0) is 22.9. The molecule has 9 heteroatoms.